The molecule has 0 N–H and O–H groups in total. The number of thiophene rings is 1. The van der Waals surface area contributed by atoms with Crippen molar-refractivity contribution in [2.24, 2.45) is 0 Å². The molecule has 0 aliphatic rings. The molecule has 25 heavy (non-hydrogen) atoms. The van der Waals surface area contributed by atoms with Crippen molar-refractivity contribution in [1.29, 1.82) is 0 Å². The number of allylic oxidation sites excluding steroid dienone is 1. The summed E-state index contributed by atoms with van der Waals surface area (Å²) in [7, 11) is 0. The molecular weight excluding hydrogens is 355 g/mol. The molecule has 0 spiro atoms. The number of hydrogen-bond donors (Lipinski definition) is 0. The summed E-state index contributed by atoms with van der Waals surface area (Å²) in [5.74, 6) is -0.326. The quantitative estimate of drug-likeness (QED) is 0.354. The highest BCUT2D eigenvalue weighted by atomic mass is 32.1. The Hall–Kier alpha value is -2.57. The molecular formula is C19H13FN2OS2. The van der Waals surface area contributed by atoms with Crippen molar-refractivity contribution in [3.8, 4) is 11.3 Å². The van der Waals surface area contributed by atoms with E-state index in [0.717, 1.165) is 26.8 Å². The highest BCUT2D eigenvalue weighted by Crippen LogP contribution is 2.29. The monoisotopic (exact) mass is 368 g/mol. The number of nitrogens with zero attached hydrogens (tertiary/aromatic N) is 2. The minimum absolute atomic E-state index is 0.0399. The second-order valence-corrected chi connectivity index (χ2v) is 7.68. The number of ketones is 1. The van der Waals surface area contributed by atoms with Crippen LogP contribution in [-0.4, -0.2) is 15.2 Å². The molecule has 4 rings (SSSR count). The highest BCUT2D eigenvalue weighted by molar-refractivity contribution is 7.17. The SMILES string of the molecule is Cc1cn2c(C=CC(=O)c3cccs3)c(-c3ccc(F)cc3)nc2s1. The van der Waals surface area contributed by atoms with Gasteiger partial charge in [-0.15, -0.1) is 22.7 Å². The van der Waals surface area contributed by atoms with Gasteiger partial charge in [0, 0.05) is 16.6 Å². The van der Waals surface area contributed by atoms with Gasteiger partial charge in [-0.25, -0.2) is 9.37 Å². The Labute approximate surface area is 151 Å². The first-order valence-corrected chi connectivity index (χ1v) is 9.32. The smallest absolute Gasteiger partial charge is 0.195 e. The molecule has 1 aromatic carbocycles. The number of imidazole rings is 1. The van der Waals surface area contributed by atoms with Gasteiger partial charge in [-0.1, -0.05) is 6.07 Å². The number of hydrogen-bond acceptors (Lipinski definition) is 4. The van der Waals surface area contributed by atoms with Gasteiger partial charge in [0.15, 0.2) is 10.7 Å². The highest BCUT2D eigenvalue weighted by Gasteiger charge is 2.14. The first kappa shape index (κ1) is 15.9. The van der Waals surface area contributed by atoms with Crippen LogP contribution in [0.5, 0.6) is 0 Å². The first-order valence-electron chi connectivity index (χ1n) is 7.62. The molecule has 0 amide bonds. The summed E-state index contributed by atoms with van der Waals surface area (Å²) in [6, 6.07) is 9.89. The second-order valence-electron chi connectivity index (χ2n) is 5.52. The number of carbonyl (C=O) groups excluding carboxylic acids is 1. The van der Waals surface area contributed by atoms with Gasteiger partial charge in [0.1, 0.15) is 5.82 Å². The van der Waals surface area contributed by atoms with Crippen LogP contribution < -0.4 is 0 Å². The van der Waals surface area contributed by atoms with Gasteiger partial charge in [0.25, 0.3) is 0 Å². The number of aromatic nitrogens is 2. The van der Waals surface area contributed by atoms with Gasteiger partial charge >= 0.3 is 0 Å². The molecule has 0 atom stereocenters. The van der Waals surface area contributed by atoms with E-state index in [4.69, 9.17) is 0 Å². The molecule has 0 saturated heterocycles. The zero-order valence-corrected chi connectivity index (χ0v) is 14.9. The van der Waals surface area contributed by atoms with E-state index >= 15 is 0 Å². The van der Waals surface area contributed by atoms with E-state index in [1.807, 2.05) is 29.0 Å². The third kappa shape index (κ3) is 3.06. The minimum Gasteiger partial charge on any atom is -0.290 e. The summed E-state index contributed by atoms with van der Waals surface area (Å²) in [5.41, 5.74) is 2.37. The lowest BCUT2D eigenvalue weighted by Crippen LogP contribution is -1.91. The van der Waals surface area contributed by atoms with E-state index in [0.29, 0.717) is 4.88 Å². The van der Waals surface area contributed by atoms with E-state index in [1.54, 1.807) is 41.7 Å². The number of fused-ring (bicyclic) bond motifs is 1. The normalized spacial score (nSPS) is 11.6. The van der Waals surface area contributed by atoms with Gasteiger partial charge in [-0.05, 0) is 54.8 Å². The zero-order chi connectivity index (χ0) is 17.4. The first-order chi connectivity index (χ1) is 12.1. The van der Waals surface area contributed by atoms with Gasteiger partial charge < -0.3 is 0 Å². The van der Waals surface area contributed by atoms with Crippen molar-refractivity contribution >= 4 is 39.5 Å². The van der Waals surface area contributed by atoms with Crippen LogP contribution in [0.4, 0.5) is 4.39 Å². The van der Waals surface area contributed by atoms with Crippen molar-refractivity contribution in [3.05, 3.63) is 75.3 Å². The molecule has 0 aliphatic heterocycles. The van der Waals surface area contributed by atoms with Crippen molar-refractivity contribution in [2.45, 2.75) is 6.92 Å². The molecule has 0 radical (unpaired) electrons. The van der Waals surface area contributed by atoms with E-state index in [-0.39, 0.29) is 11.6 Å². The van der Waals surface area contributed by atoms with Crippen LogP contribution in [0.3, 0.4) is 0 Å². The Morgan fingerprint density at radius 2 is 2.04 bits per heavy atom. The molecule has 6 heteroatoms. The van der Waals surface area contributed by atoms with Crippen molar-refractivity contribution < 1.29 is 9.18 Å². The fourth-order valence-corrected chi connectivity index (χ4v) is 4.09. The summed E-state index contributed by atoms with van der Waals surface area (Å²) in [6.07, 6.45) is 5.34. The van der Waals surface area contributed by atoms with Crippen LogP contribution in [0.1, 0.15) is 20.2 Å². The van der Waals surface area contributed by atoms with Crippen molar-refractivity contribution in [3.63, 3.8) is 0 Å². The van der Waals surface area contributed by atoms with Gasteiger partial charge in [0.2, 0.25) is 0 Å². The summed E-state index contributed by atoms with van der Waals surface area (Å²) >= 11 is 2.99. The predicted molar refractivity (Wildman–Crippen MR) is 101 cm³/mol. The number of halogens is 1. The maximum absolute atomic E-state index is 13.2. The molecule has 0 saturated carbocycles. The number of rotatable bonds is 4. The van der Waals surface area contributed by atoms with Gasteiger partial charge in [0.05, 0.1) is 16.3 Å². The predicted octanol–water partition coefficient (Wildman–Crippen LogP) is 5.47. The number of thiazole rings is 1. The third-order valence-electron chi connectivity index (χ3n) is 3.75. The van der Waals surface area contributed by atoms with Gasteiger partial charge in [-0.3, -0.25) is 9.20 Å². The lowest BCUT2D eigenvalue weighted by atomic mass is 10.1. The van der Waals surface area contributed by atoms with Crippen LogP contribution in [0.2, 0.25) is 0 Å². The minimum atomic E-state index is -0.286. The van der Waals surface area contributed by atoms with Crippen LogP contribution in [0.25, 0.3) is 22.3 Å². The lowest BCUT2D eigenvalue weighted by Gasteiger charge is -2.00. The summed E-state index contributed by atoms with van der Waals surface area (Å²) in [5, 5.41) is 1.88. The molecule has 0 fully saturated rings. The Bertz CT molecular complexity index is 1070. The number of carbonyl (C=O) groups is 1. The average Bonchev–Trinajstić information content (AvgIpc) is 3.30. The summed E-state index contributed by atoms with van der Waals surface area (Å²) < 4.78 is 15.2. The number of aryl methyl sites for hydroxylation is 1. The van der Waals surface area contributed by atoms with Gasteiger partial charge in [-0.2, -0.15) is 0 Å². The van der Waals surface area contributed by atoms with Crippen LogP contribution in [-0.2, 0) is 0 Å². The zero-order valence-electron chi connectivity index (χ0n) is 13.3. The molecule has 3 aromatic heterocycles. The van der Waals surface area contributed by atoms with E-state index < -0.39 is 0 Å². The molecule has 124 valence electrons. The molecule has 0 bridgehead atoms. The van der Waals surface area contributed by atoms with E-state index in [9.17, 15) is 9.18 Å². The van der Waals surface area contributed by atoms with Crippen LogP contribution in [0.15, 0.2) is 54.1 Å². The van der Waals surface area contributed by atoms with E-state index in [1.165, 1.54) is 23.5 Å². The topological polar surface area (TPSA) is 34.4 Å². The lowest BCUT2D eigenvalue weighted by molar-refractivity contribution is 0.105. The maximum atomic E-state index is 13.2. The summed E-state index contributed by atoms with van der Waals surface area (Å²) in [6.45, 7) is 2.02. The van der Waals surface area contributed by atoms with E-state index in [2.05, 4.69) is 4.98 Å². The van der Waals surface area contributed by atoms with Crippen LogP contribution >= 0.6 is 22.7 Å². The Kier molecular flexibility index (Phi) is 4.07. The summed E-state index contributed by atoms with van der Waals surface area (Å²) in [4.78, 5) is 19.6. The standard InChI is InChI=1S/C19H13FN2OS2/c1-12-11-22-15(8-9-16(23)17-3-2-10-24-17)18(21-19(22)25-12)13-4-6-14(20)7-5-13/h2-11H,1H3. The van der Waals surface area contributed by atoms with Crippen molar-refractivity contribution in [1.82, 2.24) is 9.38 Å². The Morgan fingerprint density at radius 3 is 2.76 bits per heavy atom. The largest absolute Gasteiger partial charge is 0.290 e. The number of benzene rings is 1. The molecule has 0 aliphatic carbocycles. The van der Waals surface area contributed by atoms with Crippen molar-refractivity contribution in [2.75, 3.05) is 0 Å². The molecule has 4 aromatic rings. The third-order valence-corrected chi connectivity index (χ3v) is 5.54. The second kappa shape index (κ2) is 6.38. The molecule has 3 nitrogen and oxygen atoms in total. The molecule has 0 unspecified atom stereocenters. The fourth-order valence-electron chi connectivity index (χ4n) is 2.61. The Balaban J connectivity index is 1.81. The Morgan fingerprint density at radius 1 is 1.24 bits per heavy atom. The average molecular weight is 368 g/mol. The van der Waals surface area contributed by atoms with Crippen LogP contribution in [0, 0.1) is 12.7 Å². The maximum Gasteiger partial charge on any atom is 0.195 e. The fraction of sp³-hybridized carbons (Fsp3) is 0.0526. The molecule has 3 heterocycles.